The number of hydrogen-bond acceptors (Lipinski definition) is 3. The topological polar surface area (TPSA) is 46.0 Å². The van der Waals surface area contributed by atoms with E-state index in [1.165, 1.54) is 12.4 Å². The van der Waals surface area contributed by atoms with Gasteiger partial charge in [-0.05, 0) is 17.7 Å². The molecular formula is C11H8Cl2N2O. The summed E-state index contributed by atoms with van der Waals surface area (Å²) >= 11 is 11.9. The van der Waals surface area contributed by atoms with Crippen LogP contribution in [0.3, 0.4) is 0 Å². The zero-order chi connectivity index (χ0) is 11.5. The number of rotatable bonds is 2. The first-order valence-electron chi connectivity index (χ1n) is 4.57. The molecule has 0 aliphatic heterocycles. The third kappa shape index (κ3) is 2.16. The van der Waals surface area contributed by atoms with E-state index in [2.05, 4.69) is 9.97 Å². The van der Waals surface area contributed by atoms with E-state index in [1.807, 2.05) is 0 Å². The first-order chi connectivity index (χ1) is 7.70. The average Bonchev–Trinajstić information content (AvgIpc) is 2.30. The molecule has 1 atom stereocenters. The molecule has 2 rings (SSSR count). The molecule has 16 heavy (non-hydrogen) atoms. The molecular weight excluding hydrogens is 247 g/mol. The molecule has 0 aliphatic rings. The lowest BCUT2D eigenvalue weighted by Gasteiger charge is -2.13. The van der Waals surface area contributed by atoms with Crippen molar-refractivity contribution >= 4 is 23.2 Å². The molecule has 2 heterocycles. The van der Waals surface area contributed by atoms with Gasteiger partial charge in [0.1, 0.15) is 6.10 Å². The van der Waals surface area contributed by atoms with Crippen molar-refractivity contribution in [2.24, 2.45) is 0 Å². The molecule has 0 radical (unpaired) electrons. The van der Waals surface area contributed by atoms with E-state index < -0.39 is 6.10 Å². The Morgan fingerprint density at radius 3 is 2.12 bits per heavy atom. The standard InChI is InChI=1S/C11H8Cl2N2O/c12-8-5-15-6-9(13)10(8)11(16)7-1-3-14-4-2-7/h1-6,11,16H. The van der Waals surface area contributed by atoms with Gasteiger partial charge in [-0.2, -0.15) is 0 Å². The predicted octanol–water partition coefficient (Wildman–Crippen LogP) is 2.87. The summed E-state index contributed by atoms with van der Waals surface area (Å²) < 4.78 is 0. The van der Waals surface area contributed by atoms with Crippen molar-refractivity contribution in [3.8, 4) is 0 Å². The minimum atomic E-state index is -0.869. The van der Waals surface area contributed by atoms with E-state index in [9.17, 15) is 5.11 Å². The summed E-state index contributed by atoms with van der Waals surface area (Å²) in [5, 5.41) is 10.8. The van der Waals surface area contributed by atoms with E-state index in [1.54, 1.807) is 24.5 Å². The molecule has 0 saturated carbocycles. The quantitative estimate of drug-likeness (QED) is 0.897. The van der Waals surface area contributed by atoms with Crippen LogP contribution in [0.2, 0.25) is 10.0 Å². The first kappa shape index (κ1) is 11.3. The summed E-state index contributed by atoms with van der Waals surface area (Å²) in [5.74, 6) is 0. The van der Waals surface area contributed by atoms with Gasteiger partial charge in [0.05, 0.1) is 10.0 Å². The van der Waals surface area contributed by atoms with Gasteiger partial charge < -0.3 is 5.11 Å². The van der Waals surface area contributed by atoms with Gasteiger partial charge in [-0.15, -0.1) is 0 Å². The van der Waals surface area contributed by atoms with Crippen LogP contribution in [0.15, 0.2) is 36.9 Å². The van der Waals surface area contributed by atoms with E-state index in [-0.39, 0.29) is 0 Å². The highest BCUT2D eigenvalue weighted by Crippen LogP contribution is 2.32. The Kier molecular flexibility index (Phi) is 3.39. The molecule has 1 unspecified atom stereocenters. The van der Waals surface area contributed by atoms with Crippen LogP contribution in [0.4, 0.5) is 0 Å². The van der Waals surface area contributed by atoms with Gasteiger partial charge >= 0.3 is 0 Å². The van der Waals surface area contributed by atoms with E-state index in [0.717, 1.165) is 0 Å². The van der Waals surface area contributed by atoms with E-state index in [4.69, 9.17) is 23.2 Å². The number of aromatic nitrogens is 2. The van der Waals surface area contributed by atoms with Gasteiger partial charge in [-0.3, -0.25) is 9.97 Å². The summed E-state index contributed by atoms with van der Waals surface area (Å²) in [7, 11) is 0. The van der Waals surface area contributed by atoms with Gasteiger partial charge in [-0.25, -0.2) is 0 Å². The summed E-state index contributed by atoms with van der Waals surface area (Å²) in [6.45, 7) is 0. The third-order valence-corrected chi connectivity index (χ3v) is 2.79. The van der Waals surface area contributed by atoms with Crippen LogP contribution < -0.4 is 0 Å². The minimum Gasteiger partial charge on any atom is -0.384 e. The maximum absolute atomic E-state index is 10.1. The Bertz CT molecular complexity index is 470. The Morgan fingerprint density at radius 1 is 1.00 bits per heavy atom. The van der Waals surface area contributed by atoms with Crippen LogP contribution in [-0.2, 0) is 0 Å². The maximum Gasteiger partial charge on any atom is 0.107 e. The summed E-state index contributed by atoms with van der Waals surface area (Å²) in [6.07, 6.45) is 5.23. The fourth-order valence-corrected chi connectivity index (χ4v) is 1.97. The van der Waals surface area contributed by atoms with Crippen LogP contribution in [0.25, 0.3) is 0 Å². The molecule has 82 valence electrons. The summed E-state index contributed by atoms with van der Waals surface area (Å²) in [5.41, 5.74) is 1.15. The molecule has 0 aliphatic carbocycles. The minimum absolute atomic E-state index is 0.344. The molecule has 2 aromatic rings. The van der Waals surface area contributed by atoms with Crippen LogP contribution in [-0.4, -0.2) is 15.1 Å². The van der Waals surface area contributed by atoms with Gasteiger partial charge in [-0.1, -0.05) is 23.2 Å². The second kappa shape index (κ2) is 4.78. The molecule has 0 spiro atoms. The number of halogens is 2. The van der Waals surface area contributed by atoms with Crippen molar-refractivity contribution in [1.82, 2.24) is 9.97 Å². The van der Waals surface area contributed by atoms with Crippen molar-refractivity contribution in [2.75, 3.05) is 0 Å². The lowest BCUT2D eigenvalue weighted by molar-refractivity contribution is 0.220. The summed E-state index contributed by atoms with van der Waals surface area (Å²) in [4.78, 5) is 7.71. The number of hydrogen-bond donors (Lipinski definition) is 1. The number of aliphatic hydroxyl groups is 1. The second-order valence-corrected chi connectivity index (χ2v) is 4.01. The number of nitrogens with zero attached hydrogens (tertiary/aromatic N) is 2. The monoisotopic (exact) mass is 254 g/mol. The largest absolute Gasteiger partial charge is 0.384 e. The maximum atomic E-state index is 10.1. The Morgan fingerprint density at radius 2 is 1.56 bits per heavy atom. The molecule has 0 bridgehead atoms. The Hall–Kier alpha value is -1.16. The van der Waals surface area contributed by atoms with Gasteiger partial charge in [0.2, 0.25) is 0 Å². The fourth-order valence-electron chi connectivity index (χ4n) is 1.39. The zero-order valence-corrected chi connectivity index (χ0v) is 9.65. The third-order valence-electron chi connectivity index (χ3n) is 2.19. The second-order valence-electron chi connectivity index (χ2n) is 3.20. The van der Waals surface area contributed by atoms with Crippen LogP contribution in [0, 0.1) is 0 Å². The molecule has 5 heteroatoms. The summed E-state index contributed by atoms with van der Waals surface area (Å²) in [6, 6.07) is 3.41. The normalized spacial score (nSPS) is 12.4. The molecule has 0 aromatic carbocycles. The molecule has 0 fully saturated rings. The van der Waals surface area contributed by atoms with Crippen molar-refractivity contribution in [1.29, 1.82) is 0 Å². The Labute approximate surface area is 103 Å². The average molecular weight is 255 g/mol. The highest BCUT2D eigenvalue weighted by atomic mass is 35.5. The zero-order valence-electron chi connectivity index (χ0n) is 8.14. The highest BCUT2D eigenvalue weighted by Gasteiger charge is 2.17. The van der Waals surface area contributed by atoms with Crippen molar-refractivity contribution < 1.29 is 5.11 Å². The van der Waals surface area contributed by atoms with Crippen LogP contribution in [0.1, 0.15) is 17.2 Å². The van der Waals surface area contributed by atoms with E-state index in [0.29, 0.717) is 21.2 Å². The SMILES string of the molecule is OC(c1ccncc1)c1c(Cl)cncc1Cl. The van der Waals surface area contributed by atoms with Crippen molar-refractivity contribution in [3.63, 3.8) is 0 Å². The predicted molar refractivity (Wildman–Crippen MR) is 62.6 cm³/mol. The molecule has 2 aromatic heterocycles. The fraction of sp³-hybridized carbons (Fsp3) is 0.0909. The molecule has 0 amide bonds. The lowest BCUT2D eigenvalue weighted by Crippen LogP contribution is -2.02. The van der Waals surface area contributed by atoms with Gasteiger partial charge in [0, 0.05) is 30.4 Å². The number of pyridine rings is 2. The van der Waals surface area contributed by atoms with Gasteiger partial charge in [0.15, 0.2) is 0 Å². The van der Waals surface area contributed by atoms with Crippen molar-refractivity contribution in [3.05, 3.63) is 58.1 Å². The lowest BCUT2D eigenvalue weighted by atomic mass is 10.0. The van der Waals surface area contributed by atoms with Gasteiger partial charge in [0.25, 0.3) is 0 Å². The molecule has 1 N–H and O–H groups in total. The highest BCUT2D eigenvalue weighted by molar-refractivity contribution is 6.35. The number of aliphatic hydroxyl groups excluding tert-OH is 1. The first-order valence-corrected chi connectivity index (χ1v) is 5.32. The molecule has 0 saturated heterocycles. The smallest absolute Gasteiger partial charge is 0.107 e. The van der Waals surface area contributed by atoms with Crippen LogP contribution in [0.5, 0.6) is 0 Å². The Balaban J connectivity index is 2.46. The van der Waals surface area contributed by atoms with E-state index >= 15 is 0 Å². The van der Waals surface area contributed by atoms with Crippen molar-refractivity contribution in [2.45, 2.75) is 6.10 Å². The molecule has 3 nitrogen and oxygen atoms in total. The van der Waals surface area contributed by atoms with Crippen LogP contribution >= 0.6 is 23.2 Å².